The number of hydrogen-bond donors (Lipinski definition) is 1. The Labute approximate surface area is 155 Å². The predicted molar refractivity (Wildman–Crippen MR) is 103 cm³/mol. The summed E-state index contributed by atoms with van der Waals surface area (Å²) in [6, 6.07) is 19.0. The Morgan fingerprint density at radius 1 is 1.07 bits per heavy atom. The van der Waals surface area contributed by atoms with Gasteiger partial charge in [-0.05, 0) is 26.0 Å². The van der Waals surface area contributed by atoms with E-state index in [9.17, 15) is 4.79 Å². The van der Waals surface area contributed by atoms with Gasteiger partial charge in [0.2, 0.25) is 0 Å². The Morgan fingerprint density at radius 3 is 2.59 bits per heavy atom. The highest BCUT2D eigenvalue weighted by atomic mass is 16.5. The second kappa shape index (κ2) is 6.92. The average Bonchev–Trinajstić information content (AvgIpc) is 3.30. The van der Waals surface area contributed by atoms with Crippen LogP contribution in [0.25, 0.3) is 22.2 Å². The van der Waals surface area contributed by atoms with Crippen molar-refractivity contribution < 1.29 is 13.7 Å². The van der Waals surface area contributed by atoms with Crippen molar-refractivity contribution in [2.75, 3.05) is 0 Å². The van der Waals surface area contributed by atoms with Crippen molar-refractivity contribution >= 4 is 22.6 Å². The van der Waals surface area contributed by atoms with Crippen LogP contribution < -0.4 is 5.43 Å². The second-order valence-electron chi connectivity index (χ2n) is 6.12. The largest absolute Gasteiger partial charge is 0.455 e. The third kappa shape index (κ3) is 3.25. The monoisotopic (exact) mass is 359 g/mol. The van der Waals surface area contributed by atoms with Gasteiger partial charge in [-0.1, -0.05) is 53.7 Å². The van der Waals surface area contributed by atoms with Crippen LogP contribution in [0.4, 0.5) is 0 Å². The third-order valence-corrected chi connectivity index (χ3v) is 4.24. The molecule has 2 aromatic heterocycles. The Morgan fingerprint density at radius 2 is 1.81 bits per heavy atom. The number of carbonyl (C=O) groups is 1. The summed E-state index contributed by atoms with van der Waals surface area (Å²) < 4.78 is 11.0. The quantitative estimate of drug-likeness (QED) is 0.428. The highest BCUT2D eigenvalue weighted by Crippen LogP contribution is 2.25. The summed E-state index contributed by atoms with van der Waals surface area (Å²) in [6.45, 7) is 3.47. The minimum absolute atomic E-state index is 0.363. The van der Waals surface area contributed by atoms with Gasteiger partial charge in [-0.25, -0.2) is 5.43 Å². The molecule has 2 heterocycles. The smallest absolute Gasteiger partial charge is 0.277 e. The first kappa shape index (κ1) is 16.8. The minimum atomic E-state index is -0.386. The molecule has 4 aromatic rings. The van der Waals surface area contributed by atoms with E-state index in [2.05, 4.69) is 15.7 Å². The van der Waals surface area contributed by atoms with E-state index < -0.39 is 0 Å². The number of nitrogens with one attached hydrogen (secondary N) is 1. The van der Waals surface area contributed by atoms with Crippen molar-refractivity contribution in [3.63, 3.8) is 0 Å². The Kier molecular flexibility index (Phi) is 4.30. The fourth-order valence-corrected chi connectivity index (χ4v) is 2.84. The van der Waals surface area contributed by atoms with Gasteiger partial charge in [-0.15, -0.1) is 0 Å². The molecule has 0 aliphatic rings. The van der Waals surface area contributed by atoms with E-state index in [-0.39, 0.29) is 5.91 Å². The van der Waals surface area contributed by atoms with Crippen LogP contribution in [-0.4, -0.2) is 16.8 Å². The molecule has 0 radical (unpaired) electrons. The van der Waals surface area contributed by atoms with Crippen molar-refractivity contribution in [1.82, 2.24) is 10.6 Å². The van der Waals surface area contributed by atoms with Crippen LogP contribution in [0.3, 0.4) is 0 Å². The first-order valence-corrected chi connectivity index (χ1v) is 8.49. The highest BCUT2D eigenvalue weighted by Gasteiger charge is 2.21. The van der Waals surface area contributed by atoms with Crippen LogP contribution >= 0.6 is 0 Å². The summed E-state index contributed by atoms with van der Waals surface area (Å²) in [4.78, 5) is 12.7. The molecule has 134 valence electrons. The number of hydrogen-bond acceptors (Lipinski definition) is 5. The summed E-state index contributed by atoms with van der Waals surface area (Å²) in [7, 11) is 0. The zero-order valence-electron chi connectivity index (χ0n) is 14.9. The van der Waals surface area contributed by atoms with E-state index in [0.717, 1.165) is 16.5 Å². The molecule has 0 bridgehead atoms. The number of furan rings is 1. The number of benzene rings is 2. The van der Waals surface area contributed by atoms with Gasteiger partial charge in [0.1, 0.15) is 28.3 Å². The minimum Gasteiger partial charge on any atom is -0.455 e. The van der Waals surface area contributed by atoms with Gasteiger partial charge in [0.25, 0.3) is 5.91 Å². The number of para-hydroxylation sites is 1. The number of amides is 1. The van der Waals surface area contributed by atoms with Gasteiger partial charge in [-0.3, -0.25) is 4.79 Å². The lowest BCUT2D eigenvalue weighted by atomic mass is 10.1. The van der Waals surface area contributed by atoms with Gasteiger partial charge in [-0.2, -0.15) is 5.10 Å². The number of fused-ring (bicyclic) bond motifs is 1. The van der Waals surface area contributed by atoms with E-state index in [4.69, 9.17) is 8.94 Å². The van der Waals surface area contributed by atoms with Crippen LogP contribution in [0.2, 0.25) is 0 Å². The van der Waals surface area contributed by atoms with Crippen molar-refractivity contribution in [3.05, 3.63) is 77.7 Å². The van der Waals surface area contributed by atoms with Gasteiger partial charge in [0.05, 0.1) is 0 Å². The number of aromatic nitrogens is 1. The van der Waals surface area contributed by atoms with Crippen LogP contribution in [0.15, 0.2) is 74.7 Å². The molecule has 1 amide bonds. The number of nitrogens with zero attached hydrogens (tertiary/aromatic N) is 2. The molecule has 0 saturated carbocycles. The molecular weight excluding hydrogens is 342 g/mol. The maximum Gasteiger partial charge on any atom is 0.277 e. The molecule has 0 fully saturated rings. The fraction of sp³-hybridized carbons (Fsp3) is 0.0952. The summed E-state index contributed by atoms with van der Waals surface area (Å²) in [5.74, 6) is 0.646. The molecular formula is C21H17N3O3. The normalized spacial score (nSPS) is 11.7. The molecule has 27 heavy (non-hydrogen) atoms. The third-order valence-electron chi connectivity index (χ3n) is 4.24. The Hall–Kier alpha value is -3.67. The first-order chi connectivity index (χ1) is 13.1. The van der Waals surface area contributed by atoms with E-state index in [1.807, 2.05) is 60.7 Å². The van der Waals surface area contributed by atoms with Crippen molar-refractivity contribution in [2.45, 2.75) is 13.8 Å². The summed E-state index contributed by atoms with van der Waals surface area (Å²) >= 11 is 0. The Bertz CT molecular complexity index is 1110. The number of hydrazone groups is 1. The first-order valence-electron chi connectivity index (χ1n) is 8.49. The van der Waals surface area contributed by atoms with Crippen molar-refractivity contribution in [3.8, 4) is 11.3 Å². The summed E-state index contributed by atoms with van der Waals surface area (Å²) in [5, 5.41) is 9.17. The fourth-order valence-electron chi connectivity index (χ4n) is 2.84. The maximum atomic E-state index is 12.7. The molecule has 6 heteroatoms. The molecule has 4 rings (SSSR count). The van der Waals surface area contributed by atoms with Crippen LogP contribution in [0.5, 0.6) is 0 Å². The predicted octanol–water partition coefficient (Wildman–Crippen LogP) is 4.55. The van der Waals surface area contributed by atoms with Gasteiger partial charge in [0, 0.05) is 10.9 Å². The van der Waals surface area contributed by atoms with Gasteiger partial charge in [0.15, 0.2) is 5.76 Å². The van der Waals surface area contributed by atoms with E-state index in [1.54, 1.807) is 13.8 Å². The SMILES string of the molecule is CC(=NNC(=O)c1c(-c2ccccc2)noc1C)c1cc2ccccc2o1. The van der Waals surface area contributed by atoms with E-state index in [0.29, 0.717) is 28.5 Å². The molecule has 0 saturated heterocycles. The topological polar surface area (TPSA) is 80.6 Å². The van der Waals surface area contributed by atoms with Crippen LogP contribution in [0, 0.1) is 6.92 Å². The van der Waals surface area contributed by atoms with Crippen molar-refractivity contribution in [2.24, 2.45) is 5.10 Å². The number of rotatable bonds is 4. The summed E-state index contributed by atoms with van der Waals surface area (Å²) in [5.41, 5.74) is 5.56. The standard InChI is InChI=1S/C21H17N3O3/c1-13(18-12-16-10-6-7-11-17(16)26-18)22-23-21(25)19-14(2)27-24-20(19)15-8-4-3-5-9-15/h3-12H,1-2H3,(H,23,25). The van der Waals surface area contributed by atoms with E-state index in [1.165, 1.54) is 0 Å². The van der Waals surface area contributed by atoms with Crippen molar-refractivity contribution in [1.29, 1.82) is 0 Å². The molecule has 0 atom stereocenters. The maximum absolute atomic E-state index is 12.7. The highest BCUT2D eigenvalue weighted by molar-refractivity contribution is 6.03. The lowest BCUT2D eigenvalue weighted by molar-refractivity contribution is 0.0954. The Balaban J connectivity index is 1.59. The molecule has 6 nitrogen and oxygen atoms in total. The summed E-state index contributed by atoms with van der Waals surface area (Å²) in [6.07, 6.45) is 0. The number of carbonyl (C=O) groups excluding carboxylic acids is 1. The van der Waals surface area contributed by atoms with Crippen LogP contribution in [-0.2, 0) is 0 Å². The molecule has 0 spiro atoms. The zero-order valence-corrected chi connectivity index (χ0v) is 14.9. The molecule has 0 unspecified atom stereocenters. The zero-order chi connectivity index (χ0) is 18.8. The second-order valence-corrected chi connectivity index (χ2v) is 6.12. The van der Waals surface area contributed by atoms with E-state index >= 15 is 0 Å². The molecule has 0 aliphatic heterocycles. The lowest BCUT2D eigenvalue weighted by Crippen LogP contribution is -2.20. The molecule has 2 aromatic carbocycles. The van der Waals surface area contributed by atoms with Gasteiger partial charge >= 0.3 is 0 Å². The number of aryl methyl sites for hydroxylation is 1. The molecule has 0 aliphatic carbocycles. The molecule has 1 N–H and O–H groups in total. The van der Waals surface area contributed by atoms with Crippen LogP contribution in [0.1, 0.15) is 28.8 Å². The average molecular weight is 359 g/mol. The van der Waals surface area contributed by atoms with Gasteiger partial charge < -0.3 is 8.94 Å². The lowest BCUT2D eigenvalue weighted by Gasteiger charge is -2.02.